The Labute approximate surface area is 114 Å². The van der Waals surface area contributed by atoms with Crippen LogP contribution in [0.25, 0.3) is 0 Å². The summed E-state index contributed by atoms with van der Waals surface area (Å²) in [5, 5.41) is 0.701. The van der Waals surface area contributed by atoms with Gasteiger partial charge >= 0.3 is 0 Å². The zero-order valence-electron chi connectivity index (χ0n) is 9.20. The molecule has 3 N–H and O–H groups in total. The van der Waals surface area contributed by atoms with E-state index < -0.39 is 11.9 Å². The molecule has 0 amide bonds. The molecule has 0 fully saturated rings. The molecule has 0 aliphatic carbocycles. The number of nitrogens with zero attached hydrogens (tertiary/aromatic N) is 1. The lowest BCUT2D eigenvalue weighted by atomic mass is 10.0. The molecule has 2 rings (SSSR count). The number of nitrogens with one attached hydrogen (secondary N) is 1. The van der Waals surface area contributed by atoms with Crippen molar-refractivity contribution in [2.75, 3.05) is 0 Å². The molecule has 1 unspecified atom stereocenters. The van der Waals surface area contributed by atoms with E-state index in [1.807, 2.05) is 0 Å². The van der Waals surface area contributed by atoms with Gasteiger partial charge in [-0.05, 0) is 23.8 Å². The molecule has 0 bridgehead atoms. The molecule has 6 heteroatoms. The summed E-state index contributed by atoms with van der Waals surface area (Å²) < 4.78 is 13.8. The molecule has 1 atom stereocenters. The van der Waals surface area contributed by atoms with Crippen LogP contribution in [0.4, 0.5) is 4.39 Å². The van der Waals surface area contributed by atoms with Gasteiger partial charge in [0.25, 0.3) is 0 Å². The van der Waals surface area contributed by atoms with Gasteiger partial charge in [0.2, 0.25) is 0 Å². The van der Waals surface area contributed by atoms with Gasteiger partial charge in [-0.3, -0.25) is 5.84 Å². The van der Waals surface area contributed by atoms with Crippen molar-refractivity contribution in [3.63, 3.8) is 0 Å². The van der Waals surface area contributed by atoms with Gasteiger partial charge in [-0.25, -0.2) is 14.8 Å². The first-order valence-electron chi connectivity index (χ1n) is 5.14. The van der Waals surface area contributed by atoms with Gasteiger partial charge in [0.15, 0.2) is 0 Å². The summed E-state index contributed by atoms with van der Waals surface area (Å²) in [6.45, 7) is 0. The Balaban J connectivity index is 2.41. The average molecular weight is 286 g/mol. The van der Waals surface area contributed by atoms with Crippen molar-refractivity contribution in [1.29, 1.82) is 0 Å². The summed E-state index contributed by atoms with van der Waals surface area (Å²) in [4.78, 5) is 3.94. The van der Waals surface area contributed by atoms with Crippen LogP contribution in [0.15, 0.2) is 36.5 Å². The molecule has 18 heavy (non-hydrogen) atoms. The van der Waals surface area contributed by atoms with Crippen molar-refractivity contribution in [3.8, 4) is 0 Å². The van der Waals surface area contributed by atoms with Gasteiger partial charge in [-0.15, -0.1) is 0 Å². The molecule has 1 aromatic heterocycles. The molecule has 1 heterocycles. The Bertz CT molecular complexity index is 546. The minimum absolute atomic E-state index is 0.334. The van der Waals surface area contributed by atoms with Crippen molar-refractivity contribution in [2.24, 2.45) is 5.84 Å². The predicted octanol–water partition coefficient (Wildman–Crippen LogP) is 3.08. The summed E-state index contributed by atoms with van der Waals surface area (Å²) in [5.41, 5.74) is 3.65. The van der Waals surface area contributed by atoms with E-state index in [0.29, 0.717) is 21.3 Å². The van der Waals surface area contributed by atoms with E-state index in [9.17, 15) is 4.39 Å². The van der Waals surface area contributed by atoms with Crippen molar-refractivity contribution in [1.82, 2.24) is 10.4 Å². The molecular formula is C12H10Cl2FN3. The molecule has 0 saturated heterocycles. The van der Waals surface area contributed by atoms with Crippen molar-refractivity contribution in [3.05, 3.63) is 63.6 Å². The first kappa shape index (κ1) is 13.2. The van der Waals surface area contributed by atoms with Crippen LogP contribution in [0, 0.1) is 5.82 Å². The first-order chi connectivity index (χ1) is 8.61. The quantitative estimate of drug-likeness (QED) is 0.518. The van der Waals surface area contributed by atoms with Crippen molar-refractivity contribution >= 4 is 23.2 Å². The van der Waals surface area contributed by atoms with Crippen molar-refractivity contribution < 1.29 is 4.39 Å². The average Bonchev–Trinajstić information content (AvgIpc) is 2.35. The SMILES string of the molecule is NNC(c1ccc(Cl)nc1)c1ccc(Cl)cc1F. The number of pyridine rings is 1. The van der Waals surface area contributed by atoms with Crippen LogP contribution in [-0.4, -0.2) is 4.98 Å². The highest BCUT2D eigenvalue weighted by Crippen LogP contribution is 2.25. The summed E-state index contributed by atoms with van der Waals surface area (Å²) in [6.07, 6.45) is 1.54. The van der Waals surface area contributed by atoms with Crippen molar-refractivity contribution in [2.45, 2.75) is 6.04 Å². The molecule has 94 valence electrons. The molecule has 1 aromatic carbocycles. The van der Waals surface area contributed by atoms with Gasteiger partial charge in [-0.1, -0.05) is 35.3 Å². The second-order valence-corrected chi connectivity index (χ2v) is 4.50. The van der Waals surface area contributed by atoms with E-state index in [4.69, 9.17) is 29.0 Å². The Hall–Kier alpha value is -1.20. The summed E-state index contributed by atoms with van der Waals surface area (Å²) in [5.74, 6) is 5.04. The maximum absolute atomic E-state index is 13.8. The lowest BCUT2D eigenvalue weighted by Crippen LogP contribution is -2.29. The van der Waals surface area contributed by atoms with Crippen LogP contribution in [0.2, 0.25) is 10.2 Å². The largest absolute Gasteiger partial charge is 0.271 e. The topological polar surface area (TPSA) is 50.9 Å². The van der Waals surface area contributed by atoms with E-state index in [-0.39, 0.29) is 0 Å². The maximum Gasteiger partial charge on any atom is 0.129 e. The minimum Gasteiger partial charge on any atom is -0.271 e. The predicted molar refractivity (Wildman–Crippen MR) is 69.8 cm³/mol. The highest BCUT2D eigenvalue weighted by atomic mass is 35.5. The highest BCUT2D eigenvalue weighted by molar-refractivity contribution is 6.30. The highest BCUT2D eigenvalue weighted by Gasteiger charge is 2.17. The van der Waals surface area contributed by atoms with Crippen LogP contribution in [-0.2, 0) is 0 Å². The fourth-order valence-electron chi connectivity index (χ4n) is 1.66. The van der Waals surface area contributed by atoms with E-state index in [1.54, 1.807) is 30.5 Å². The van der Waals surface area contributed by atoms with E-state index in [2.05, 4.69) is 10.4 Å². The molecule has 0 radical (unpaired) electrons. The van der Waals surface area contributed by atoms with Gasteiger partial charge in [0.05, 0.1) is 6.04 Å². The summed E-state index contributed by atoms with van der Waals surface area (Å²) >= 11 is 11.4. The third-order valence-corrected chi connectivity index (χ3v) is 2.98. The Morgan fingerprint density at radius 3 is 2.56 bits per heavy atom. The molecular weight excluding hydrogens is 276 g/mol. The molecule has 0 saturated carbocycles. The molecule has 3 nitrogen and oxygen atoms in total. The number of nitrogens with two attached hydrogens (primary N) is 1. The molecule has 0 aliphatic rings. The van der Waals surface area contributed by atoms with Crippen LogP contribution < -0.4 is 11.3 Å². The number of rotatable bonds is 3. The number of hydrazine groups is 1. The van der Waals surface area contributed by atoms with Gasteiger partial charge in [0.1, 0.15) is 11.0 Å². The second-order valence-electron chi connectivity index (χ2n) is 3.68. The zero-order chi connectivity index (χ0) is 13.1. The third kappa shape index (κ3) is 2.79. The fraction of sp³-hybridized carbons (Fsp3) is 0.0833. The number of aromatic nitrogens is 1. The van der Waals surface area contributed by atoms with Gasteiger partial charge < -0.3 is 0 Å². The fourth-order valence-corrected chi connectivity index (χ4v) is 1.93. The molecule has 2 aromatic rings. The van der Waals surface area contributed by atoms with Crippen LogP contribution >= 0.6 is 23.2 Å². The smallest absolute Gasteiger partial charge is 0.129 e. The summed E-state index contributed by atoms with van der Waals surface area (Å²) in [6, 6.07) is 7.27. The Morgan fingerprint density at radius 2 is 2.00 bits per heavy atom. The van der Waals surface area contributed by atoms with Gasteiger partial charge in [0, 0.05) is 16.8 Å². The van der Waals surface area contributed by atoms with E-state index in [1.165, 1.54) is 6.07 Å². The number of hydrogen-bond acceptors (Lipinski definition) is 3. The van der Waals surface area contributed by atoms with E-state index >= 15 is 0 Å². The zero-order valence-corrected chi connectivity index (χ0v) is 10.7. The number of halogens is 3. The van der Waals surface area contributed by atoms with E-state index in [0.717, 1.165) is 0 Å². The van der Waals surface area contributed by atoms with Crippen LogP contribution in [0.5, 0.6) is 0 Å². The number of benzene rings is 1. The summed E-state index contributed by atoms with van der Waals surface area (Å²) in [7, 11) is 0. The van der Waals surface area contributed by atoms with Crippen LogP contribution in [0.3, 0.4) is 0 Å². The second kappa shape index (κ2) is 5.63. The van der Waals surface area contributed by atoms with Gasteiger partial charge in [-0.2, -0.15) is 0 Å². The lowest BCUT2D eigenvalue weighted by Gasteiger charge is -2.17. The Kier molecular flexibility index (Phi) is 4.14. The monoisotopic (exact) mass is 285 g/mol. The lowest BCUT2D eigenvalue weighted by molar-refractivity contribution is 0.559. The standard InChI is InChI=1S/C12H10Cl2FN3/c13-8-2-3-9(10(15)5-8)12(18-16)7-1-4-11(14)17-6-7/h1-6,12,18H,16H2. The Morgan fingerprint density at radius 1 is 1.22 bits per heavy atom. The van der Waals surface area contributed by atoms with Crippen LogP contribution in [0.1, 0.15) is 17.2 Å². The number of hydrogen-bond donors (Lipinski definition) is 2. The first-order valence-corrected chi connectivity index (χ1v) is 5.90. The molecule has 0 spiro atoms. The normalized spacial score (nSPS) is 12.4. The third-order valence-electron chi connectivity index (χ3n) is 2.52. The maximum atomic E-state index is 13.8. The minimum atomic E-state index is -0.507. The molecule has 0 aliphatic heterocycles.